The van der Waals surface area contributed by atoms with Crippen LogP contribution in [0.2, 0.25) is 0 Å². The Labute approximate surface area is 97.2 Å². The van der Waals surface area contributed by atoms with Crippen molar-refractivity contribution in [2.75, 3.05) is 13.1 Å². The van der Waals surface area contributed by atoms with Crippen LogP contribution in [0, 0.1) is 5.92 Å². The van der Waals surface area contributed by atoms with Gasteiger partial charge >= 0.3 is 0 Å². The van der Waals surface area contributed by atoms with E-state index < -0.39 is 0 Å². The molecule has 1 N–H and O–H groups in total. The van der Waals surface area contributed by atoms with E-state index in [4.69, 9.17) is 4.42 Å². The van der Waals surface area contributed by atoms with Gasteiger partial charge in [0.15, 0.2) is 5.89 Å². The number of aliphatic imine (C=N–C) groups is 1. The van der Waals surface area contributed by atoms with Crippen molar-refractivity contribution in [2.24, 2.45) is 10.9 Å². The highest BCUT2D eigenvalue weighted by atomic mass is 16.3. The third-order valence-corrected chi connectivity index (χ3v) is 2.19. The number of amidine groups is 1. The Morgan fingerprint density at radius 2 is 2.00 bits per heavy atom. The highest BCUT2D eigenvalue weighted by Crippen LogP contribution is 2.09. The first kappa shape index (κ1) is 12.7. The molecule has 0 bridgehead atoms. The molecule has 4 heteroatoms. The maximum Gasteiger partial charge on any atom is 0.196 e. The fraction of sp³-hybridized carbons (Fsp3) is 0.667. The summed E-state index contributed by atoms with van der Waals surface area (Å²) >= 11 is 0. The lowest BCUT2D eigenvalue weighted by atomic mass is 10.2. The Bertz CT molecular complexity index is 315. The molecule has 4 nitrogen and oxygen atoms in total. The van der Waals surface area contributed by atoms with Crippen molar-refractivity contribution in [1.82, 2.24) is 10.3 Å². The molecule has 16 heavy (non-hydrogen) atoms. The Hall–Kier alpha value is -1.32. The maximum atomic E-state index is 4.98. The van der Waals surface area contributed by atoms with Gasteiger partial charge in [-0.2, -0.15) is 0 Å². The van der Waals surface area contributed by atoms with Gasteiger partial charge in [-0.15, -0.1) is 0 Å². The Morgan fingerprint density at radius 1 is 1.25 bits per heavy atom. The average Bonchev–Trinajstić information content (AvgIpc) is 2.93. The van der Waals surface area contributed by atoms with Crippen molar-refractivity contribution >= 4 is 5.84 Å². The molecule has 0 radical (unpaired) electrons. The van der Waals surface area contributed by atoms with E-state index >= 15 is 0 Å². The number of nitrogens with one attached hydrogen (secondary N) is 1. The van der Waals surface area contributed by atoms with Crippen LogP contribution in [0.5, 0.6) is 0 Å². The van der Waals surface area contributed by atoms with E-state index in [-0.39, 0.29) is 0 Å². The van der Waals surface area contributed by atoms with Crippen LogP contribution in [-0.4, -0.2) is 23.9 Å². The summed E-state index contributed by atoms with van der Waals surface area (Å²) in [7, 11) is 0. The predicted octanol–water partition coefficient (Wildman–Crippen LogP) is 2.44. The number of nitrogens with zero attached hydrogens (tertiary/aromatic N) is 2. The molecule has 0 saturated heterocycles. The topological polar surface area (TPSA) is 50.4 Å². The molecule has 0 amide bonds. The van der Waals surface area contributed by atoms with Gasteiger partial charge < -0.3 is 9.73 Å². The largest absolute Gasteiger partial charge is 0.449 e. The van der Waals surface area contributed by atoms with Gasteiger partial charge in [0, 0.05) is 18.4 Å². The summed E-state index contributed by atoms with van der Waals surface area (Å²) in [5.74, 6) is 2.97. The van der Waals surface area contributed by atoms with Crippen LogP contribution in [-0.2, 0) is 0 Å². The molecule has 1 aliphatic rings. The molecule has 1 aliphatic heterocycles. The van der Waals surface area contributed by atoms with Crippen LogP contribution in [0.15, 0.2) is 21.9 Å². The lowest BCUT2D eigenvalue weighted by Crippen LogP contribution is -2.23. The molecule has 0 saturated carbocycles. The summed E-state index contributed by atoms with van der Waals surface area (Å²) in [6, 6.07) is 0. The highest BCUT2D eigenvalue weighted by molar-refractivity contribution is 5.85. The van der Waals surface area contributed by atoms with Crippen LogP contribution in [0.1, 0.15) is 39.5 Å². The van der Waals surface area contributed by atoms with E-state index in [0.717, 1.165) is 19.0 Å². The van der Waals surface area contributed by atoms with E-state index in [1.807, 2.05) is 13.8 Å². The Balaban J connectivity index is 0.000000160. The van der Waals surface area contributed by atoms with Crippen LogP contribution in [0.4, 0.5) is 0 Å². The van der Waals surface area contributed by atoms with Crippen molar-refractivity contribution < 1.29 is 4.42 Å². The third kappa shape index (κ3) is 4.04. The summed E-state index contributed by atoms with van der Waals surface area (Å²) in [6.07, 6.45) is 3.25. The Morgan fingerprint density at radius 3 is 2.25 bits per heavy atom. The zero-order valence-electron chi connectivity index (χ0n) is 10.5. The van der Waals surface area contributed by atoms with E-state index in [1.54, 1.807) is 12.5 Å². The number of hydrogen-bond acceptors (Lipinski definition) is 4. The molecule has 0 unspecified atom stereocenters. The standard InChI is InChI=1S/C6H12N2.C6H9NO/c2*1-5(2)6-7-3-4-8-6/h5H,3-4H2,1-2H3,(H,7,8);3-5H,1-2H3. The Kier molecular flexibility index (Phi) is 5.02. The lowest BCUT2D eigenvalue weighted by molar-refractivity contribution is 0.471. The van der Waals surface area contributed by atoms with Gasteiger partial charge in [0.05, 0.1) is 18.6 Å². The second-order valence-corrected chi connectivity index (χ2v) is 4.37. The summed E-state index contributed by atoms with van der Waals surface area (Å²) in [5.41, 5.74) is 0. The molecule has 90 valence electrons. The fourth-order valence-corrected chi connectivity index (χ4v) is 1.32. The molecule has 0 aromatic carbocycles. The van der Waals surface area contributed by atoms with E-state index in [2.05, 4.69) is 29.1 Å². The van der Waals surface area contributed by atoms with Crippen molar-refractivity contribution in [3.8, 4) is 0 Å². The second-order valence-electron chi connectivity index (χ2n) is 4.37. The van der Waals surface area contributed by atoms with Crippen molar-refractivity contribution in [1.29, 1.82) is 0 Å². The summed E-state index contributed by atoms with van der Waals surface area (Å²) < 4.78 is 4.98. The third-order valence-electron chi connectivity index (χ3n) is 2.19. The normalized spacial score (nSPS) is 14.5. The molecule has 0 aliphatic carbocycles. The lowest BCUT2D eigenvalue weighted by Gasteiger charge is -2.02. The zero-order valence-corrected chi connectivity index (χ0v) is 10.5. The molecule has 2 heterocycles. The first-order valence-electron chi connectivity index (χ1n) is 5.79. The van der Waals surface area contributed by atoms with Gasteiger partial charge in [0.25, 0.3) is 0 Å². The smallest absolute Gasteiger partial charge is 0.196 e. The number of hydrogen-bond donors (Lipinski definition) is 1. The molecule has 0 fully saturated rings. The molecule has 0 atom stereocenters. The number of aromatic nitrogens is 1. The molecule has 0 spiro atoms. The second kappa shape index (κ2) is 6.30. The van der Waals surface area contributed by atoms with Gasteiger partial charge in [-0.3, -0.25) is 4.99 Å². The minimum Gasteiger partial charge on any atom is -0.449 e. The first-order valence-corrected chi connectivity index (χ1v) is 5.79. The molecule has 1 aromatic heterocycles. The van der Waals surface area contributed by atoms with Gasteiger partial charge in [0.2, 0.25) is 0 Å². The van der Waals surface area contributed by atoms with Gasteiger partial charge in [0.1, 0.15) is 6.26 Å². The van der Waals surface area contributed by atoms with E-state index in [1.165, 1.54) is 5.84 Å². The van der Waals surface area contributed by atoms with Crippen molar-refractivity contribution in [3.63, 3.8) is 0 Å². The quantitative estimate of drug-likeness (QED) is 0.837. The van der Waals surface area contributed by atoms with Crippen LogP contribution in [0.3, 0.4) is 0 Å². The average molecular weight is 223 g/mol. The predicted molar refractivity (Wildman–Crippen MR) is 65.7 cm³/mol. The monoisotopic (exact) mass is 223 g/mol. The van der Waals surface area contributed by atoms with Crippen molar-refractivity contribution in [2.45, 2.75) is 33.6 Å². The molecular weight excluding hydrogens is 202 g/mol. The first-order chi connectivity index (χ1) is 7.61. The van der Waals surface area contributed by atoms with Crippen LogP contribution in [0.25, 0.3) is 0 Å². The molecule has 1 aromatic rings. The maximum absolute atomic E-state index is 4.98. The van der Waals surface area contributed by atoms with Gasteiger partial charge in [-0.1, -0.05) is 27.7 Å². The highest BCUT2D eigenvalue weighted by Gasteiger charge is 2.07. The van der Waals surface area contributed by atoms with Crippen LogP contribution >= 0.6 is 0 Å². The van der Waals surface area contributed by atoms with Gasteiger partial charge in [-0.05, 0) is 0 Å². The number of oxazole rings is 1. The minimum atomic E-state index is 0.407. The van der Waals surface area contributed by atoms with E-state index in [9.17, 15) is 0 Å². The minimum absolute atomic E-state index is 0.407. The summed E-state index contributed by atoms with van der Waals surface area (Å²) in [6.45, 7) is 10.4. The zero-order chi connectivity index (χ0) is 12.0. The summed E-state index contributed by atoms with van der Waals surface area (Å²) in [5, 5.41) is 3.21. The SMILES string of the molecule is CC(C)C1=NCCN1.CC(C)c1ncco1. The van der Waals surface area contributed by atoms with E-state index in [0.29, 0.717) is 11.8 Å². The van der Waals surface area contributed by atoms with Crippen molar-refractivity contribution in [3.05, 3.63) is 18.4 Å². The summed E-state index contributed by atoms with van der Waals surface area (Å²) in [4.78, 5) is 8.19. The number of rotatable bonds is 2. The van der Waals surface area contributed by atoms with Crippen LogP contribution < -0.4 is 5.32 Å². The molecular formula is C12H21N3O. The molecule has 2 rings (SSSR count). The van der Waals surface area contributed by atoms with Gasteiger partial charge in [-0.25, -0.2) is 4.98 Å². The fourth-order valence-electron chi connectivity index (χ4n) is 1.32.